The zero-order valence-corrected chi connectivity index (χ0v) is 6.68. The van der Waals surface area contributed by atoms with Gasteiger partial charge in [0.2, 0.25) is 0 Å². The molecule has 0 aliphatic carbocycles. The van der Waals surface area contributed by atoms with E-state index in [2.05, 4.69) is 15.2 Å². The van der Waals surface area contributed by atoms with Gasteiger partial charge in [0.15, 0.2) is 5.82 Å². The molecular formula is C8H8N4. The van der Waals surface area contributed by atoms with Crippen molar-refractivity contribution in [2.75, 3.05) is 0 Å². The highest BCUT2D eigenvalue weighted by Crippen LogP contribution is 2.10. The predicted octanol–water partition coefficient (Wildman–Crippen LogP) is 0.877. The summed E-state index contributed by atoms with van der Waals surface area (Å²) in [5.74, 6) is 0.788. The van der Waals surface area contributed by atoms with Crippen LogP contribution in [0.1, 0.15) is 0 Å². The van der Waals surface area contributed by atoms with E-state index in [0.29, 0.717) is 0 Å². The molecule has 0 aromatic carbocycles. The van der Waals surface area contributed by atoms with Crippen molar-refractivity contribution in [3.63, 3.8) is 0 Å². The molecule has 0 N–H and O–H groups in total. The van der Waals surface area contributed by atoms with Crippen LogP contribution in [0.4, 0.5) is 0 Å². The molecule has 0 spiro atoms. The molecule has 0 unspecified atom stereocenters. The highest BCUT2D eigenvalue weighted by Gasteiger charge is 2.02. The summed E-state index contributed by atoms with van der Waals surface area (Å²) in [6, 6.07) is 5.71. The van der Waals surface area contributed by atoms with Gasteiger partial charge in [0, 0.05) is 13.2 Å². The Kier molecular flexibility index (Phi) is 1.59. The van der Waals surface area contributed by atoms with Crippen molar-refractivity contribution in [2.24, 2.45) is 7.05 Å². The van der Waals surface area contributed by atoms with Crippen molar-refractivity contribution < 1.29 is 0 Å². The van der Waals surface area contributed by atoms with E-state index in [-0.39, 0.29) is 0 Å². The fourth-order valence-corrected chi connectivity index (χ4v) is 1.01. The number of rotatable bonds is 1. The molecule has 60 valence electrons. The monoisotopic (exact) mass is 160 g/mol. The zero-order chi connectivity index (χ0) is 8.39. The molecule has 0 atom stereocenters. The van der Waals surface area contributed by atoms with Gasteiger partial charge in [0.05, 0.1) is 0 Å². The lowest BCUT2D eigenvalue weighted by Crippen LogP contribution is -1.92. The maximum atomic E-state index is 4.16. The Hall–Kier alpha value is -1.71. The highest BCUT2D eigenvalue weighted by atomic mass is 15.3. The van der Waals surface area contributed by atoms with E-state index < -0.39 is 0 Å². The molecule has 2 aromatic heterocycles. The van der Waals surface area contributed by atoms with Gasteiger partial charge in [-0.1, -0.05) is 6.07 Å². The van der Waals surface area contributed by atoms with Crippen LogP contribution in [0.5, 0.6) is 0 Å². The smallest absolute Gasteiger partial charge is 0.182 e. The molecular weight excluding hydrogens is 152 g/mol. The van der Waals surface area contributed by atoms with Crippen molar-refractivity contribution in [1.82, 2.24) is 19.7 Å². The summed E-state index contributed by atoms with van der Waals surface area (Å²) >= 11 is 0. The second kappa shape index (κ2) is 2.73. The summed E-state index contributed by atoms with van der Waals surface area (Å²) < 4.78 is 1.84. The molecule has 4 heteroatoms. The first-order valence-electron chi connectivity index (χ1n) is 3.63. The van der Waals surface area contributed by atoms with Crippen molar-refractivity contribution in [3.05, 3.63) is 30.7 Å². The minimum Gasteiger partial charge on any atom is -0.315 e. The van der Waals surface area contributed by atoms with Gasteiger partial charge in [0.25, 0.3) is 0 Å². The Morgan fingerprint density at radius 2 is 2.25 bits per heavy atom. The van der Waals surface area contributed by atoms with Crippen LogP contribution in [-0.2, 0) is 7.05 Å². The quantitative estimate of drug-likeness (QED) is 0.622. The first-order valence-corrected chi connectivity index (χ1v) is 3.63. The fourth-order valence-electron chi connectivity index (χ4n) is 1.01. The van der Waals surface area contributed by atoms with Crippen LogP contribution in [0, 0.1) is 0 Å². The van der Waals surface area contributed by atoms with Crippen LogP contribution in [0.25, 0.3) is 11.5 Å². The maximum Gasteiger partial charge on any atom is 0.182 e. The minimum absolute atomic E-state index is 0.788. The summed E-state index contributed by atoms with van der Waals surface area (Å²) in [6.45, 7) is 0. The van der Waals surface area contributed by atoms with E-state index in [1.54, 1.807) is 12.5 Å². The third-order valence-electron chi connectivity index (χ3n) is 1.61. The molecule has 0 fully saturated rings. The van der Waals surface area contributed by atoms with Crippen LogP contribution in [-0.4, -0.2) is 19.7 Å². The maximum absolute atomic E-state index is 4.16. The molecule has 0 radical (unpaired) electrons. The Morgan fingerprint density at radius 1 is 1.33 bits per heavy atom. The van der Waals surface area contributed by atoms with Crippen molar-refractivity contribution in [2.45, 2.75) is 0 Å². The molecule has 0 aliphatic heterocycles. The fraction of sp³-hybridized carbons (Fsp3) is 0.125. The Morgan fingerprint density at radius 3 is 2.83 bits per heavy atom. The highest BCUT2D eigenvalue weighted by molar-refractivity contribution is 5.47. The van der Waals surface area contributed by atoms with Gasteiger partial charge < -0.3 is 4.57 Å². The third kappa shape index (κ3) is 1.07. The lowest BCUT2D eigenvalue weighted by atomic mass is 10.3. The number of aromatic nitrogens is 4. The number of pyridine rings is 1. The van der Waals surface area contributed by atoms with Gasteiger partial charge in [-0.2, -0.15) is 0 Å². The number of nitrogens with zero attached hydrogens (tertiary/aromatic N) is 4. The number of hydrogen-bond donors (Lipinski definition) is 0. The lowest BCUT2D eigenvalue weighted by molar-refractivity contribution is 0.914. The molecule has 2 rings (SSSR count). The Labute approximate surface area is 69.9 Å². The molecule has 2 aromatic rings. The van der Waals surface area contributed by atoms with E-state index >= 15 is 0 Å². The summed E-state index contributed by atoms with van der Waals surface area (Å²) in [5.41, 5.74) is 0.845. The van der Waals surface area contributed by atoms with Gasteiger partial charge >= 0.3 is 0 Å². The largest absolute Gasteiger partial charge is 0.315 e. The van der Waals surface area contributed by atoms with E-state index in [1.165, 1.54) is 0 Å². The molecule has 12 heavy (non-hydrogen) atoms. The summed E-state index contributed by atoms with van der Waals surface area (Å²) in [4.78, 5) is 4.16. The summed E-state index contributed by atoms with van der Waals surface area (Å²) in [7, 11) is 1.89. The molecule has 0 bridgehead atoms. The average molecular weight is 160 g/mol. The Bertz CT molecular complexity index is 366. The van der Waals surface area contributed by atoms with Crippen LogP contribution in [0.15, 0.2) is 30.7 Å². The minimum atomic E-state index is 0.788. The SMILES string of the molecule is Cn1cnnc1-c1ccccn1. The van der Waals surface area contributed by atoms with Gasteiger partial charge in [-0.15, -0.1) is 10.2 Å². The van der Waals surface area contributed by atoms with Crippen molar-refractivity contribution in [3.8, 4) is 11.5 Å². The second-order valence-corrected chi connectivity index (χ2v) is 2.48. The zero-order valence-electron chi connectivity index (χ0n) is 6.68. The van der Waals surface area contributed by atoms with Gasteiger partial charge in [0.1, 0.15) is 12.0 Å². The van der Waals surface area contributed by atoms with Crippen LogP contribution in [0.2, 0.25) is 0 Å². The third-order valence-corrected chi connectivity index (χ3v) is 1.61. The number of aryl methyl sites for hydroxylation is 1. The topological polar surface area (TPSA) is 43.6 Å². The molecule has 2 heterocycles. The van der Waals surface area contributed by atoms with Crippen LogP contribution in [0.3, 0.4) is 0 Å². The van der Waals surface area contributed by atoms with Crippen LogP contribution < -0.4 is 0 Å². The van der Waals surface area contributed by atoms with E-state index in [0.717, 1.165) is 11.5 Å². The van der Waals surface area contributed by atoms with E-state index in [4.69, 9.17) is 0 Å². The van der Waals surface area contributed by atoms with Crippen LogP contribution >= 0.6 is 0 Å². The van der Waals surface area contributed by atoms with Crippen molar-refractivity contribution in [1.29, 1.82) is 0 Å². The average Bonchev–Trinajstić information content (AvgIpc) is 2.53. The molecule has 0 saturated heterocycles. The van der Waals surface area contributed by atoms with Gasteiger partial charge in [-0.3, -0.25) is 4.98 Å². The standard InChI is InChI=1S/C8H8N4/c1-12-6-10-11-8(12)7-4-2-3-5-9-7/h2-6H,1H3. The van der Waals surface area contributed by atoms with E-state index in [1.807, 2.05) is 29.8 Å². The normalized spacial score (nSPS) is 10.1. The summed E-state index contributed by atoms with van der Waals surface area (Å²) in [5, 5.41) is 7.71. The van der Waals surface area contributed by atoms with E-state index in [9.17, 15) is 0 Å². The number of hydrogen-bond acceptors (Lipinski definition) is 3. The lowest BCUT2D eigenvalue weighted by Gasteiger charge is -1.96. The van der Waals surface area contributed by atoms with Crippen molar-refractivity contribution >= 4 is 0 Å². The molecule has 4 nitrogen and oxygen atoms in total. The first-order chi connectivity index (χ1) is 5.88. The molecule has 0 aliphatic rings. The first kappa shape index (κ1) is 6.97. The molecule has 0 saturated carbocycles. The summed E-state index contributed by atoms with van der Waals surface area (Å²) in [6.07, 6.45) is 3.40. The second-order valence-electron chi connectivity index (χ2n) is 2.48. The van der Waals surface area contributed by atoms with Gasteiger partial charge in [-0.05, 0) is 12.1 Å². The molecule has 0 amide bonds. The van der Waals surface area contributed by atoms with Gasteiger partial charge in [-0.25, -0.2) is 0 Å². The Balaban J connectivity index is 2.51. The predicted molar refractivity (Wildman–Crippen MR) is 44.2 cm³/mol.